The number of nitrogens with one attached hydrogen (secondary N) is 1. The highest BCUT2D eigenvalue weighted by molar-refractivity contribution is 7.80. The van der Waals surface area contributed by atoms with Crippen LogP contribution >= 0.6 is 12.2 Å². The van der Waals surface area contributed by atoms with Crippen LogP contribution in [0.15, 0.2) is 53.6 Å². The van der Waals surface area contributed by atoms with Crippen LogP contribution in [0.25, 0.3) is 0 Å². The Labute approximate surface area is 134 Å². The molecule has 114 valence electrons. The summed E-state index contributed by atoms with van der Waals surface area (Å²) in [6.07, 6.45) is 1.33. The fourth-order valence-corrected chi connectivity index (χ4v) is 2.09. The van der Waals surface area contributed by atoms with Crippen molar-refractivity contribution < 1.29 is 10.2 Å². The summed E-state index contributed by atoms with van der Waals surface area (Å²) in [5.41, 5.74) is 10.2. The molecule has 0 aliphatic rings. The number of aromatic hydroxyl groups is 2. The van der Waals surface area contributed by atoms with Gasteiger partial charge in [0.05, 0.1) is 5.71 Å². The molecule has 0 radical (unpaired) electrons. The maximum absolute atomic E-state index is 9.99. The highest BCUT2D eigenvalue weighted by Gasteiger charge is 2.11. The van der Waals surface area contributed by atoms with Gasteiger partial charge >= 0.3 is 0 Å². The predicted molar refractivity (Wildman–Crippen MR) is 91.0 cm³/mol. The molecule has 6 heteroatoms. The predicted octanol–water partition coefficient (Wildman–Crippen LogP) is 2.27. The zero-order valence-corrected chi connectivity index (χ0v) is 12.7. The molecule has 0 aliphatic heterocycles. The van der Waals surface area contributed by atoms with E-state index in [0.717, 1.165) is 12.0 Å². The molecule has 0 aliphatic carbocycles. The van der Waals surface area contributed by atoms with Crippen LogP contribution in [-0.4, -0.2) is 21.0 Å². The van der Waals surface area contributed by atoms with Gasteiger partial charge in [-0.25, -0.2) is 0 Å². The Morgan fingerprint density at radius 1 is 1.14 bits per heavy atom. The second kappa shape index (κ2) is 7.42. The van der Waals surface area contributed by atoms with Gasteiger partial charge in [-0.1, -0.05) is 30.3 Å². The lowest BCUT2D eigenvalue weighted by Crippen LogP contribution is -2.25. The van der Waals surface area contributed by atoms with E-state index in [9.17, 15) is 10.2 Å². The van der Waals surface area contributed by atoms with Crippen molar-refractivity contribution in [3.05, 3.63) is 59.7 Å². The second-order valence-corrected chi connectivity index (χ2v) is 5.16. The Bertz CT molecular complexity index is 687. The average Bonchev–Trinajstić information content (AvgIpc) is 2.49. The number of nitrogens with two attached hydrogens (primary N) is 1. The molecular weight excluding hydrogens is 298 g/mol. The Morgan fingerprint density at radius 3 is 2.50 bits per heavy atom. The molecule has 0 bridgehead atoms. The van der Waals surface area contributed by atoms with Crippen molar-refractivity contribution >= 4 is 23.0 Å². The van der Waals surface area contributed by atoms with Gasteiger partial charge < -0.3 is 15.9 Å². The number of aryl methyl sites for hydroxylation is 1. The second-order valence-electron chi connectivity index (χ2n) is 4.72. The average molecular weight is 315 g/mol. The van der Waals surface area contributed by atoms with E-state index in [4.69, 9.17) is 18.0 Å². The minimum atomic E-state index is -0.0449. The molecule has 0 aromatic heterocycles. The van der Waals surface area contributed by atoms with Crippen LogP contribution < -0.4 is 11.2 Å². The molecule has 2 aromatic rings. The molecule has 0 saturated heterocycles. The lowest BCUT2D eigenvalue weighted by molar-refractivity contribution is 0.449. The van der Waals surface area contributed by atoms with Gasteiger partial charge in [0.1, 0.15) is 11.5 Å². The first-order chi connectivity index (χ1) is 10.6. The van der Waals surface area contributed by atoms with Gasteiger partial charge in [0.2, 0.25) is 0 Å². The molecule has 2 rings (SSSR count). The summed E-state index contributed by atoms with van der Waals surface area (Å²) in [7, 11) is 0. The number of phenolic OH excluding ortho intramolecular Hbond substituents is 2. The van der Waals surface area contributed by atoms with E-state index in [-0.39, 0.29) is 16.6 Å². The molecule has 0 heterocycles. The summed E-state index contributed by atoms with van der Waals surface area (Å²) >= 11 is 4.75. The van der Waals surface area contributed by atoms with Crippen molar-refractivity contribution in [1.29, 1.82) is 0 Å². The summed E-state index contributed by atoms with van der Waals surface area (Å²) in [6, 6.07) is 14.3. The number of nitrogens with zero attached hydrogens (tertiary/aromatic N) is 1. The minimum absolute atomic E-state index is 0.00837. The quantitative estimate of drug-likeness (QED) is 0.386. The standard InChI is InChI=1S/C16H17N3O2S/c17-16(22)19-18-14(9-6-11-4-2-1-3-5-11)13-8-7-12(20)10-15(13)21/h1-5,7-8,10,20-21H,6,9H2,(H3,17,19,22)/b18-14-. The Hall–Kier alpha value is -2.60. The van der Waals surface area contributed by atoms with Crippen LogP contribution in [0.2, 0.25) is 0 Å². The smallest absolute Gasteiger partial charge is 0.184 e. The maximum atomic E-state index is 9.99. The SMILES string of the molecule is NC(=S)N/N=C(/CCc1ccccc1)c1ccc(O)cc1O. The number of hydrogen-bond donors (Lipinski definition) is 4. The van der Waals surface area contributed by atoms with Gasteiger partial charge in [0.15, 0.2) is 5.11 Å². The Morgan fingerprint density at radius 2 is 1.86 bits per heavy atom. The summed E-state index contributed by atoms with van der Waals surface area (Å²) in [5.74, 6) is -0.0532. The molecule has 5 N–H and O–H groups in total. The van der Waals surface area contributed by atoms with Gasteiger partial charge in [-0.05, 0) is 42.8 Å². The molecule has 0 atom stereocenters. The van der Waals surface area contributed by atoms with E-state index >= 15 is 0 Å². The summed E-state index contributed by atoms with van der Waals surface area (Å²) in [4.78, 5) is 0. The van der Waals surface area contributed by atoms with E-state index < -0.39 is 0 Å². The number of benzene rings is 2. The van der Waals surface area contributed by atoms with E-state index in [1.165, 1.54) is 12.1 Å². The highest BCUT2D eigenvalue weighted by atomic mass is 32.1. The first-order valence-corrected chi connectivity index (χ1v) is 7.15. The van der Waals surface area contributed by atoms with Crippen molar-refractivity contribution in [1.82, 2.24) is 5.43 Å². The molecule has 0 fully saturated rings. The van der Waals surface area contributed by atoms with Gasteiger partial charge in [0.25, 0.3) is 0 Å². The van der Waals surface area contributed by atoms with E-state index in [1.807, 2.05) is 30.3 Å². The Balaban J connectivity index is 2.22. The fourth-order valence-electron chi connectivity index (χ4n) is 2.04. The zero-order valence-electron chi connectivity index (χ0n) is 11.9. The number of rotatable bonds is 5. The van der Waals surface area contributed by atoms with Crippen LogP contribution in [0.3, 0.4) is 0 Å². The van der Waals surface area contributed by atoms with Crippen molar-refractivity contribution in [2.24, 2.45) is 10.8 Å². The first-order valence-electron chi connectivity index (χ1n) is 6.74. The van der Waals surface area contributed by atoms with Crippen LogP contribution in [-0.2, 0) is 6.42 Å². The molecule has 2 aromatic carbocycles. The summed E-state index contributed by atoms with van der Waals surface area (Å²) in [6.45, 7) is 0. The normalized spacial score (nSPS) is 11.2. The number of hydrogen-bond acceptors (Lipinski definition) is 4. The summed E-state index contributed by atoms with van der Waals surface area (Å²) in [5, 5.41) is 23.6. The van der Waals surface area contributed by atoms with Crippen molar-refractivity contribution in [3.8, 4) is 11.5 Å². The lowest BCUT2D eigenvalue weighted by atomic mass is 10.0. The molecule has 0 amide bonds. The van der Waals surface area contributed by atoms with Crippen LogP contribution in [0.4, 0.5) is 0 Å². The molecule has 0 unspecified atom stereocenters. The van der Waals surface area contributed by atoms with Crippen molar-refractivity contribution in [2.45, 2.75) is 12.8 Å². The van der Waals surface area contributed by atoms with Crippen LogP contribution in [0.5, 0.6) is 11.5 Å². The van der Waals surface area contributed by atoms with E-state index in [2.05, 4.69) is 10.5 Å². The van der Waals surface area contributed by atoms with E-state index in [1.54, 1.807) is 6.07 Å². The highest BCUT2D eigenvalue weighted by Crippen LogP contribution is 2.24. The number of phenols is 2. The van der Waals surface area contributed by atoms with Gasteiger partial charge in [-0.3, -0.25) is 5.43 Å². The number of hydrazone groups is 1. The summed E-state index contributed by atoms with van der Waals surface area (Å²) < 4.78 is 0. The van der Waals surface area contributed by atoms with Gasteiger partial charge in [-0.2, -0.15) is 5.10 Å². The first kappa shape index (κ1) is 15.8. The third-order valence-electron chi connectivity index (χ3n) is 3.09. The molecule has 22 heavy (non-hydrogen) atoms. The monoisotopic (exact) mass is 315 g/mol. The minimum Gasteiger partial charge on any atom is -0.508 e. The molecule has 5 nitrogen and oxygen atoms in total. The molecule has 0 spiro atoms. The van der Waals surface area contributed by atoms with Crippen molar-refractivity contribution in [3.63, 3.8) is 0 Å². The fraction of sp³-hybridized carbons (Fsp3) is 0.125. The number of thiocarbonyl (C=S) groups is 1. The molecule has 0 saturated carbocycles. The van der Waals surface area contributed by atoms with Crippen LogP contribution in [0, 0.1) is 0 Å². The van der Waals surface area contributed by atoms with Crippen LogP contribution in [0.1, 0.15) is 17.5 Å². The molecular formula is C16H17N3O2S. The third-order valence-corrected chi connectivity index (χ3v) is 3.18. The Kier molecular flexibility index (Phi) is 5.32. The van der Waals surface area contributed by atoms with Crippen molar-refractivity contribution in [2.75, 3.05) is 0 Å². The maximum Gasteiger partial charge on any atom is 0.184 e. The third kappa shape index (κ3) is 4.46. The van der Waals surface area contributed by atoms with E-state index in [0.29, 0.717) is 17.7 Å². The van der Waals surface area contributed by atoms with Gasteiger partial charge in [-0.15, -0.1) is 0 Å². The largest absolute Gasteiger partial charge is 0.508 e. The van der Waals surface area contributed by atoms with Gasteiger partial charge in [0, 0.05) is 11.6 Å². The topological polar surface area (TPSA) is 90.9 Å². The lowest BCUT2D eigenvalue weighted by Gasteiger charge is -2.10. The zero-order chi connectivity index (χ0) is 15.9.